The minimum absolute atomic E-state index is 0.141. The number of methoxy groups -OCH3 is 1. The molecule has 2 nitrogen and oxygen atoms in total. The molecule has 0 bridgehead atoms. The van der Waals surface area contributed by atoms with Crippen molar-refractivity contribution in [3.05, 3.63) is 0 Å². The molecular weight excluding hydrogens is 164 g/mol. The Morgan fingerprint density at radius 3 is 2.46 bits per heavy atom. The molecular formula is C11H20O2. The average molecular weight is 184 g/mol. The molecule has 0 aromatic heterocycles. The number of Topliss-reactive ketones (excluding diaryl/α,β-unsaturated/α-hetero) is 1. The van der Waals surface area contributed by atoms with Gasteiger partial charge in [-0.3, -0.25) is 4.79 Å². The van der Waals surface area contributed by atoms with Crippen molar-refractivity contribution >= 4 is 5.78 Å². The van der Waals surface area contributed by atoms with Gasteiger partial charge in [-0.2, -0.15) is 0 Å². The third-order valence-corrected chi connectivity index (χ3v) is 3.11. The Bertz CT molecular complexity index is 191. The van der Waals surface area contributed by atoms with Crippen molar-refractivity contribution in [1.82, 2.24) is 0 Å². The van der Waals surface area contributed by atoms with Crippen LogP contribution in [0.4, 0.5) is 0 Å². The second-order valence-electron chi connectivity index (χ2n) is 5.03. The quantitative estimate of drug-likeness (QED) is 0.625. The normalized spacial score (nSPS) is 30.6. The number of carbonyl (C=O) groups is 1. The third-order valence-electron chi connectivity index (χ3n) is 3.11. The predicted molar refractivity (Wildman–Crippen MR) is 52.6 cm³/mol. The summed E-state index contributed by atoms with van der Waals surface area (Å²) in [5.74, 6) is 0.901. The molecule has 0 radical (unpaired) electrons. The molecule has 13 heavy (non-hydrogen) atoms. The van der Waals surface area contributed by atoms with Crippen LogP contribution < -0.4 is 0 Å². The van der Waals surface area contributed by atoms with Crippen molar-refractivity contribution < 1.29 is 9.53 Å². The Balaban J connectivity index is 2.60. The lowest BCUT2D eigenvalue weighted by molar-refractivity contribution is -0.134. The van der Waals surface area contributed by atoms with Gasteiger partial charge in [0, 0.05) is 13.5 Å². The van der Waals surface area contributed by atoms with Crippen LogP contribution in [-0.2, 0) is 9.53 Å². The SMILES string of the molecule is COC1CC(C(C)(C)C)CCC1=O. The molecule has 0 aromatic rings. The van der Waals surface area contributed by atoms with Crippen LogP contribution in [0.25, 0.3) is 0 Å². The molecule has 2 heteroatoms. The molecule has 1 rings (SSSR count). The number of ketones is 1. The summed E-state index contributed by atoms with van der Waals surface area (Å²) in [4.78, 5) is 11.4. The van der Waals surface area contributed by atoms with Gasteiger partial charge >= 0.3 is 0 Å². The van der Waals surface area contributed by atoms with Gasteiger partial charge in [-0.25, -0.2) is 0 Å². The fraction of sp³-hybridized carbons (Fsp3) is 0.909. The van der Waals surface area contributed by atoms with Crippen LogP contribution in [0.1, 0.15) is 40.0 Å². The van der Waals surface area contributed by atoms with E-state index in [1.54, 1.807) is 7.11 Å². The van der Waals surface area contributed by atoms with Crippen LogP contribution in [0.5, 0.6) is 0 Å². The van der Waals surface area contributed by atoms with Crippen molar-refractivity contribution in [2.75, 3.05) is 7.11 Å². The third kappa shape index (κ3) is 2.53. The molecule has 1 saturated carbocycles. The highest BCUT2D eigenvalue weighted by molar-refractivity contribution is 5.83. The van der Waals surface area contributed by atoms with E-state index in [0.29, 0.717) is 17.8 Å². The molecule has 0 N–H and O–H groups in total. The summed E-state index contributed by atoms with van der Waals surface area (Å²) < 4.78 is 5.18. The maximum Gasteiger partial charge on any atom is 0.161 e. The summed E-state index contributed by atoms with van der Waals surface area (Å²) in [5, 5.41) is 0. The van der Waals surface area contributed by atoms with E-state index < -0.39 is 0 Å². The van der Waals surface area contributed by atoms with Gasteiger partial charge in [-0.15, -0.1) is 0 Å². The Labute approximate surface area is 80.7 Å². The number of carbonyl (C=O) groups excluding carboxylic acids is 1. The molecule has 0 aromatic carbocycles. The van der Waals surface area contributed by atoms with Gasteiger partial charge in [0.15, 0.2) is 5.78 Å². The first-order valence-corrected chi connectivity index (χ1v) is 5.00. The lowest BCUT2D eigenvalue weighted by Crippen LogP contribution is -2.36. The molecule has 1 fully saturated rings. The van der Waals surface area contributed by atoms with Gasteiger partial charge in [0.1, 0.15) is 6.10 Å². The van der Waals surface area contributed by atoms with Gasteiger partial charge in [0.2, 0.25) is 0 Å². The maximum absolute atomic E-state index is 11.4. The van der Waals surface area contributed by atoms with Crippen molar-refractivity contribution in [3.8, 4) is 0 Å². The summed E-state index contributed by atoms with van der Waals surface area (Å²) in [7, 11) is 1.63. The van der Waals surface area contributed by atoms with E-state index in [0.717, 1.165) is 12.8 Å². The van der Waals surface area contributed by atoms with E-state index in [4.69, 9.17) is 4.74 Å². The fourth-order valence-corrected chi connectivity index (χ4v) is 2.00. The molecule has 2 unspecified atom stereocenters. The van der Waals surface area contributed by atoms with Gasteiger partial charge < -0.3 is 4.74 Å². The molecule has 0 spiro atoms. The highest BCUT2D eigenvalue weighted by atomic mass is 16.5. The van der Waals surface area contributed by atoms with E-state index in [2.05, 4.69) is 20.8 Å². The molecule has 0 amide bonds. The zero-order valence-electron chi connectivity index (χ0n) is 9.09. The molecule has 0 aliphatic heterocycles. The number of ether oxygens (including phenoxy) is 1. The smallest absolute Gasteiger partial charge is 0.161 e. The van der Waals surface area contributed by atoms with Crippen LogP contribution in [0.3, 0.4) is 0 Å². The first kappa shape index (κ1) is 10.7. The van der Waals surface area contributed by atoms with Crippen LogP contribution in [0.15, 0.2) is 0 Å². The first-order valence-electron chi connectivity index (χ1n) is 5.00. The Hall–Kier alpha value is -0.370. The summed E-state index contributed by atoms with van der Waals surface area (Å²) in [6, 6.07) is 0. The second kappa shape index (κ2) is 3.79. The van der Waals surface area contributed by atoms with E-state index in [9.17, 15) is 4.79 Å². The Kier molecular flexibility index (Phi) is 3.12. The molecule has 1 aliphatic rings. The average Bonchev–Trinajstić information content (AvgIpc) is 2.03. The topological polar surface area (TPSA) is 26.3 Å². The van der Waals surface area contributed by atoms with Gasteiger partial charge in [0.25, 0.3) is 0 Å². The van der Waals surface area contributed by atoms with E-state index in [1.165, 1.54) is 0 Å². The fourth-order valence-electron chi connectivity index (χ4n) is 2.00. The molecule has 76 valence electrons. The number of hydrogen-bond acceptors (Lipinski definition) is 2. The van der Waals surface area contributed by atoms with Gasteiger partial charge in [-0.05, 0) is 24.2 Å². The lowest BCUT2D eigenvalue weighted by atomic mass is 9.71. The van der Waals surface area contributed by atoms with Crippen molar-refractivity contribution in [2.24, 2.45) is 11.3 Å². The van der Waals surface area contributed by atoms with Crippen LogP contribution in [0.2, 0.25) is 0 Å². The number of rotatable bonds is 1. The van der Waals surface area contributed by atoms with E-state index >= 15 is 0 Å². The zero-order valence-corrected chi connectivity index (χ0v) is 9.09. The van der Waals surface area contributed by atoms with Crippen molar-refractivity contribution in [1.29, 1.82) is 0 Å². The Morgan fingerprint density at radius 2 is 2.00 bits per heavy atom. The highest BCUT2D eigenvalue weighted by Gasteiger charge is 2.34. The van der Waals surface area contributed by atoms with Crippen LogP contribution >= 0.6 is 0 Å². The minimum Gasteiger partial charge on any atom is -0.374 e. The van der Waals surface area contributed by atoms with Crippen molar-refractivity contribution in [3.63, 3.8) is 0 Å². The van der Waals surface area contributed by atoms with Crippen molar-refractivity contribution in [2.45, 2.75) is 46.1 Å². The molecule has 2 atom stereocenters. The Morgan fingerprint density at radius 1 is 1.38 bits per heavy atom. The van der Waals surface area contributed by atoms with Gasteiger partial charge in [0.05, 0.1) is 0 Å². The molecule has 0 heterocycles. The summed E-state index contributed by atoms with van der Waals surface area (Å²) in [5.41, 5.74) is 0.303. The maximum atomic E-state index is 11.4. The largest absolute Gasteiger partial charge is 0.374 e. The second-order valence-corrected chi connectivity index (χ2v) is 5.03. The number of hydrogen-bond donors (Lipinski definition) is 0. The zero-order chi connectivity index (χ0) is 10.1. The highest BCUT2D eigenvalue weighted by Crippen LogP contribution is 2.37. The molecule has 0 saturated heterocycles. The van der Waals surface area contributed by atoms with Crippen LogP contribution in [-0.4, -0.2) is 19.0 Å². The van der Waals surface area contributed by atoms with E-state index in [1.807, 2.05) is 0 Å². The van der Waals surface area contributed by atoms with Crippen LogP contribution in [0, 0.1) is 11.3 Å². The first-order chi connectivity index (χ1) is 5.95. The molecule has 1 aliphatic carbocycles. The van der Waals surface area contributed by atoms with Gasteiger partial charge in [-0.1, -0.05) is 20.8 Å². The standard InChI is InChI=1S/C11H20O2/c1-11(2,3)8-5-6-9(12)10(7-8)13-4/h8,10H,5-7H2,1-4H3. The summed E-state index contributed by atoms with van der Waals surface area (Å²) in [6.45, 7) is 6.71. The van der Waals surface area contributed by atoms with E-state index in [-0.39, 0.29) is 11.9 Å². The predicted octanol–water partition coefficient (Wildman–Crippen LogP) is 2.42. The summed E-state index contributed by atoms with van der Waals surface area (Å²) >= 11 is 0. The monoisotopic (exact) mass is 184 g/mol. The minimum atomic E-state index is -0.141. The lowest BCUT2D eigenvalue weighted by Gasteiger charge is -2.36. The summed E-state index contributed by atoms with van der Waals surface area (Å²) in [6.07, 6.45) is 2.49.